The summed E-state index contributed by atoms with van der Waals surface area (Å²) >= 11 is 20.5. The molecule has 2 amide bonds. The van der Waals surface area contributed by atoms with Crippen molar-refractivity contribution in [2.75, 3.05) is 12.8 Å². The Labute approximate surface area is 225 Å². The largest absolute Gasteiger partial charge is 0.357 e. The molecule has 0 fully saturated rings. The molecule has 1 N–H and O–H groups in total. The number of hydrogen-bond acceptors (Lipinski definition) is 3. The molecular formula is C27H27Cl3N2O2S. The van der Waals surface area contributed by atoms with Crippen LogP contribution in [0.1, 0.15) is 24.0 Å². The average molecular weight is 550 g/mol. The van der Waals surface area contributed by atoms with E-state index in [9.17, 15) is 9.59 Å². The third-order valence-electron chi connectivity index (χ3n) is 5.52. The van der Waals surface area contributed by atoms with Crippen LogP contribution in [0.15, 0.2) is 77.7 Å². The van der Waals surface area contributed by atoms with E-state index in [1.807, 2.05) is 54.6 Å². The standard InChI is InChI=1S/C27H27Cl3N2O2S/c1-31-27(34)25(17-19-7-3-2-4-8-19)32(18-22-23(29)9-5-10-24(22)30)26(33)11-6-16-35-21-14-12-20(28)13-15-21/h2-5,7-10,12-15,25H,6,11,16-18H2,1H3,(H,31,34)/t25-/m1/s1. The second kappa shape index (κ2) is 13.8. The van der Waals surface area contributed by atoms with Crippen LogP contribution in [-0.4, -0.2) is 35.6 Å². The molecule has 4 nitrogen and oxygen atoms in total. The molecule has 3 rings (SSSR count). The van der Waals surface area contributed by atoms with Gasteiger partial charge in [0.2, 0.25) is 11.8 Å². The van der Waals surface area contributed by atoms with Gasteiger partial charge in [-0.1, -0.05) is 71.2 Å². The van der Waals surface area contributed by atoms with E-state index in [1.54, 1.807) is 41.9 Å². The van der Waals surface area contributed by atoms with Crippen LogP contribution in [0.5, 0.6) is 0 Å². The van der Waals surface area contributed by atoms with Crippen molar-refractivity contribution in [3.8, 4) is 0 Å². The van der Waals surface area contributed by atoms with Crippen LogP contribution >= 0.6 is 46.6 Å². The predicted octanol–water partition coefficient (Wildman–Crippen LogP) is 6.91. The Morgan fingerprint density at radius 2 is 1.57 bits per heavy atom. The zero-order valence-electron chi connectivity index (χ0n) is 19.3. The van der Waals surface area contributed by atoms with Crippen molar-refractivity contribution in [3.05, 3.63) is 99.0 Å². The summed E-state index contributed by atoms with van der Waals surface area (Å²) in [4.78, 5) is 29.2. The Balaban J connectivity index is 1.79. The van der Waals surface area contributed by atoms with Crippen molar-refractivity contribution in [2.24, 2.45) is 0 Å². The molecule has 3 aromatic carbocycles. The zero-order chi connectivity index (χ0) is 25.2. The average Bonchev–Trinajstić information content (AvgIpc) is 2.86. The number of nitrogens with one attached hydrogen (secondary N) is 1. The van der Waals surface area contributed by atoms with Gasteiger partial charge in [0, 0.05) is 52.0 Å². The molecule has 0 unspecified atom stereocenters. The van der Waals surface area contributed by atoms with Crippen LogP contribution in [0.4, 0.5) is 0 Å². The van der Waals surface area contributed by atoms with Gasteiger partial charge < -0.3 is 10.2 Å². The highest BCUT2D eigenvalue weighted by Crippen LogP contribution is 2.28. The third-order valence-corrected chi connectivity index (χ3v) is 7.58. The molecule has 0 saturated heterocycles. The number of amides is 2. The summed E-state index contributed by atoms with van der Waals surface area (Å²) in [6.07, 6.45) is 1.34. The van der Waals surface area contributed by atoms with Crippen molar-refractivity contribution in [1.29, 1.82) is 0 Å². The topological polar surface area (TPSA) is 49.4 Å². The maximum absolute atomic E-state index is 13.5. The van der Waals surface area contributed by atoms with E-state index in [1.165, 1.54) is 0 Å². The monoisotopic (exact) mass is 548 g/mol. The van der Waals surface area contributed by atoms with Gasteiger partial charge in [-0.05, 0) is 54.1 Å². The smallest absolute Gasteiger partial charge is 0.242 e. The summed E-state index contributed by atoms with van der Waals surface area (Å²) in [6.45, 7) is 0.145. The van der Waals surface area contributed by atoms with Gasteiger partial charge in [-0.25, -0.2) is 0 Å². The summed E-state index contributed by atoms with van der Waals surface area (Å²) in [6, 6.07) is 21.8. The molecule has 35 heavy (non-hydrogen) atoms. The number of carbonyl (C=O) groups excluding carboxylic acids is 2. The van der Waals surface area contributed by atoms with Crippen molar-refractivity contribution < 1.29 is 9.59 Å². The lowest BCUT2D eigenvalue weighted by Crippen LogP contribution is -2.49. The van der Waals surface area contributed by atoms with E-state index in [0.29, 0.717) is 39.9 Å². The highest BCUT2D eigenvalue weighted by atomic mass is 35.5. The van der Waals surface area contributed by atoms with Crippen molar-refractivity contribution in [1.82, 2.24) is 10.2 Å². The van der Waals surface area contributed by atoms with Crippen LogP contribution < -0.4 is 5.32 Å². The molecule has 1 atom stereocenters. The highest BCUT2D eigenvalue weighted by Gasteiger charge is 2.30. The van der Waals surface area contributed by atoms with Crippen molar-refractivity contribution in [3.63, 3.8) is 0 Å². The Hall–Kier alpha value is -2.18. The first kappa shape index (κ1) is 27.4. The molecule has 0 aromatic heterocycles. The van der Waals surface area contributed by atoms with E-state index >= 15 is 0 Å². The SMILES string of the molecule is CNC(=O)[C@@H](Cc1ccccc1)N(Cc1c(Cl)cccc1Cl)C(=O)CCCSc1ccc(Cl)cc1. The fourth-order valence-electron chi connectivity index (χ4n) is 3.66. The zero-order valence-corrected chi connectivity index (χ0v) is 22.4. The Kier molecular flexibility index (Phi) is 10.8. The van der Waals surface area contributed by atoms with Crippen LogP contribution in [0.2, 0.25) is 15.1 Å². The van der Waals surface area contributed by atoms with Gasteiger partial charge in [0.25, 0.3) is 0 Å². The number of benzene rings is 3. The van der Waals surface area contributed by atoms with E-state index in [4.69, 9.17) is 34.8 Å². The van der Waals surface area contributed by atoms with Gasteiger partial charge in [-0.3, -0.25) is 9.59 Å². The van der Waals surface area contributed by atoms with Gasteiger partial charge in [-0.2, -0.15) is 0 Å². The van der Waals surface area contributed by atoms with Crippen LogP contribution in [0, 0.1) is 0 Å². The molecule has 0 spiro atoms. The summed E-state index contributed by atoms with van der Waals surface area (Å²) in [7, 11) is 1.58. The van der Waals surface area contributed by atoms with Gasteiger partial charge in [0.1, 0.15) is 6.04 Å². The first-order valence-corrected chi connectivity index (χ1v) is 13.4. The van der Waals surface area contributed by atoms with E-state index in [-0.39, 0.29) is 18.4 Å². The van der Waals surface area contributed by atoms with E-state index in [0.717, 1.165) is 16.2 Å². The molecule has 0 bridgehead atoms. The molecular weight excluding hydrogens is 523 g/mol. The summed E-state index contributed by atoms with van der Waals surface area (Å²) in [5.74, 6) is 0.403. The van der Waals surface area contributed by atoms with Crippen molar-refractivity contribution in [2.45, 2.75) is 36.7 Å². The van der Waals surface area contributed by atoms with Gasteiger partial charge >= 0.3 is 0 Å². The van der Waals surface area contributed by atoms with Gasteiger partial charge in [-0.15, -0.1) is 11.8 Å². The van der Waals surface area contributed by atoms with Gasteiger partial charge in [0.15, 0.2) is 0 Å². The minimum Gasteiger partial charge on any atom is -0.357 e. The minimum absolute atomic E-state index is 0.123. The maximum Gasteiger partial charge on any atom is 0.242 e. The van der Waals surface area contributed by atoms with E-state index < -0.39 is 6.04 Å². The number of thioether (sulfide) groups is 1. The van der Waals surface area contributed by atoms with E-state index in [2.05, 4.69) is 5.32 Å². The van der Waals surface area contributed by atoms with Gasteiger partial charge in [0.05, 0.1) is 0 Å². The van der Waals surface area contributed by atoms with Crippen LogP contribution in [0.25, 0.3) is 0 Å². The number of likely N-dealkylation sites (N-methyl/N-ethyl adjacent to an activating group) is 1. The quantitative estimate of drug-likeness (QED) is 0.209. The van der Waals surface area contributed by atoms with Crippen LogP contribution in [-0.2, 0) is 22.6 Å². The Morgan fingerprint density at radius 3 is 2.20 bits per heavy atom. The predicted molar refractivity (Wildman–Crippen MR) is 146 cm³/mol. The molecule has 0 aliphatic rings. The highest BCUT2D eigenvalue weighted by molar-refractivity contribution is 7.99. The Bertz CT molecular complexity index is 1110. The maximum atomic E-state index is 13.5. The lowest BCUT2D eigenvalue weighted by molar-refractivity contribution is -0.141. The molecule has 0 aliphatic carbocycles. The number of nitrogens with zero attached hydrogens (tertiary/aromatic N) is 1. The molecule has 0 aliphatic heterocycles. The minimum atomic E-state index is -0.703. The fraction of sp³-hybridized carbons (Fsp3) is 0.259. The van der Waals surface area contributed by atoms with Crippen LogP contribution in [0.3, 0.4) is 0 Å². The summed E-state index contributed by atoms with van der Waals surface area (Å²) < 4.78 is 0. The summed E-state index contributed by atoms with van der Waals surface area (Å²) in [5.41, 5.74) is 1.59. The number of carbonyl (C=O) groups is 2. The molecule has 184 valence electrons. The normalized spacial score (nSPS) is 11.7. The van der Waals surface area contributed by atoms with Crippen molar-refractivity contribution >= 4 is 58.4 Å². The Morgan fingerprint density at radius 1 is 0.914 bits per heavy atom. The fourth-order valence-corrected chi connectivity index (χ4v) is 5.16. The molecule has 0 heterocycles. The molecule has 3 aromatic rings. The molecule has 0 saturated carbocycles. The first-order valence-electron chi connectivity index (χ1n) is 11.2. The number of rotatable bonds is 11. The second-order valence-electron chi connectivity index (χ2n) is 7.95. The lowest BCUT2D eigenvalue weighted by atomic mass is 10.0. The number of hydrogen-bond donors (Lipinski definition) is 1. The molecule has 0 radical (unpaired) electrons. The number of halogens is 3. The lowest BCUT2D eigenvalue weighted by Gasteiger charge is -2.31. The third kappa shape index (κ3) is 8.18. The second-order valence-corrected chi connectivity index (χ2v) is 10.4. The molecule has 8 heteroatoms. The first-order chi connectivity index (χ1) is 16.9. The summed E-state index contributed by atoms with van der Waals surface area (Å²) in [5, 5.41) is 4.33.